The molecule has 0 unspecified atom stereocenters. The summed E-state index contributed by atoms with van der Waals surface area (Å²) in [7, 11) is -3.65. The van der Waals surface area contributed by atoms with Crippen LogP contribution in [0, 0.1) is 0 Å². The van der Waals surface area contributed by atoms with Crippen LogP contribution < -0.4 is 5.32 Å². The third-order valence-electron chi connectivity index (χ3n) is 4.26. The van der Waals surface area contributed by atoms with Gasteiger partial charge in [0, 0.05) is 29.9 Å². The van der Waals surface area contributed by atoms with E-state index in [2.05, 4.69) is 15.3 Å². The van der Waals surface area contributed by atoms with Crippen molar-refractivity contribution in [2.45, 2.75) is 23.1 Å². The summed E-state index contributed by atoms with van der Waals surface area (Å²) in [5, 5.41) is 6.76. The van der Waals surface area contributed by atoms with Gasteiger partial charge < -0.3 is 5.32 Å². The molecule has 1 amide bonds. The first-order valence-corrected chi connectivity index (χ1v) is 11.5. The molecule has 0 radical (unpaired) electrons. The molecule has 7 nitrogen and oxygen atoms in total. The van der Waals surface area contributed by atoms with Crippen LogP contribution in [0.5, 0.6) is 0 Å². The minimum atomic E-state index is -3.65. The summed E-state index contributed by atoms with van der Waals surface area (Å²) in [6, 6.07) is 6.24. The maximum Gasteiger partial charge on any atom is 0.253 e. The number of thiazole rings is 1. The van der Waals surface area contributed by atoms with Gasteiger partial charge in [-0.2, -0.15) is 4.31 Å². The molecular formula is C17H16N4O3S3. The smallest absolute Gasteiger partial charge is 0.253 e. The van der Waals surface area contributed by atoms with E-state index >= 15 is 0 Å². The molecule has 0 bridgehead atoms. The fourth-order valence-electron chi connectivity index (χ4n) is 2.98. The van der Waals surface area contributed by atoms with Crippen molar-refractivity contribution in [3.63, 3.8) is 0 Å². The quantitative estimate of drug-likeness (QED) is 0.685. The predicted octanol–water partition coefficient (Wildman–Crippen LogP) is 3.06. The molecule has 1 fully saturated rings. The fourth-order valence-corrected chi connectivity index (χ4v) is 6.48. The van der Waals surface area contributed by atoms with E-state index in [-0.39, 0.29) is 10.1 Å². The summed E-state index contributed by atoms with van der Waals surface area (Å²) in [5.74, 6) is -0.347. The Morgan fingerprint density at radius 1 is 1.26 bits per heavy atom. The van der Waals surface area contributed by atoms with Gasteiger partial charge in [0.05, 0.1) is 5.69 Å². The summed E-state index contributed by atoms with van der Waals surface area (Å²) in [4.78, 5) is 21.2. The molecule has 3 aromatic heterocycles. The van der Waals surface area contributed by atoms with Gasteiger partial charge in [-0.3, -0.25) is 9.78 Å². The van der Waals surface area contributed by atoms with Crippen LogP contribution in [0.15, 0.2) is 51.6 Å². The zero-order valence-corrected chi connectivity index (χ0v) is 16.6. The molecule has 1 aliphatic heterocycles. The van der Waals surface area contributed by atoms with Crippen LogP contribution in [-0.4, -0.2) is 41.2 Å². The highest BCUT2D eigenvalue weighted by Gasteiger charge is 2.40. The van der Waals surface area contributed by atoms with Crippen molar-refractivity contribution in [2.75, 3.05) is 11.9 Å². The monoisotopic (exact) mass is 420 g/mol. The van der Waals surface area contributed by atoms with Crippen molar-refractivity contribution in [2.24, 2.45) is 0 Å². The standard InChI is InChI=1S/C17H16N4O3S3/c22-16(20-17-19-13(11-26-17)12-4-1-7-18-10-12)14-5-2-8-21(14)27(23,24)15-6-3-9-25-15/h1,3-4,6-7,9-11,14H,2,5,8H2,(H,19,20,22)/t14-/m1/s1. The van der Waals surface area contributed by atoms with Crippen LogP contribution in [0.3, 0.4) is 0 Å². The second kappa shape index (κ2) is 7.47. The van der Waals surface area contributed by atoms with E-state index in [0.717, 1.165) is 22.6 Å². The normalized spacial score (nSPS) is 17.9. The molecule has 4 heterocycles. The molecule has 0 aliphatic carbocycles. The predicted molar refractivity (Wildman–Crippen MR) is 105 cm³/mol. The maximum absolute atomic E-state index is 12.8. The number of thiophene rings is 1. The second-order valence-corrected chi connectivity index (χ2v) is 9.90. The molecule has 3 aromatic rings. The molecule has 1 saturated heterocycles. The summed E-state index contributed by atoms with van der Waals surface area (Å²) >= 11 is 2.46. The molecule has 140 valence electrons. The average molecular weight is 421 g/mol. The summed E-state index contributed by atoms with van der Waals surface area (Å²) in [6.45, 7) is 0.344. The highest BCUT2D eigenvalue weighted by atomic mass is 32.2. The SMILES string of the molecule is O=C(Nc1nc(-c2cccnc2)cs1)[C@H]1CCCN1S(=O)(=O)c1cccs1. The number of sulfonamides is 1. The van der Waals surface area contributed by atoms with Gasteiger partial charge in [-0.1, -0.05) is 6.07 Å². The number of anilines is 1. The minimum Gasteiger partial charge on any atom is -0.301 e. The van der Waals surface area contributed by atoms with Crippen LogP contribution in [-0.2, 0) is 14.8 Å². The lowest BCUT2D eigenvalue weighted by Crippen LogP contribution is -2.42. The highest BCUT2D eigenvalue weighted by Crippen LogP contribution is 2.30. The van der Waals surface area contributed by atoms with E-state index in [9.17, 15) is 13.2 Å². The van der Waals surface area contributed by atoms with Gasteiger partial charge in [-0.15, -0.1) is 22.7 Å². The zero-order chi connectivity index (χ0) is 18.9. The number of amides is 1. The van der Waals surface area contributed by atoms with Crippen molar-refractivity contribution < 1.29 is 13.2 Å². The van der Waals surface area contributed by atoms with Crippen molar-refractivity contribution in [1.29, 1.82) is 0 Å². The molecule has 0 saturated carbocycles. The number of nitrogens with one attached hydrogen (secondary N) is 1. The Morgan fingerprint density at radius 3 is 2.89 bits per heavy atom. The van der Waals surface area contributed by atoms with Crippen molar-refractivity contribution in [3.05, 3.63) is 47.4 Å². The maximum atomic E-state index is 12.8. The fraction of sp³-hybridized carbons (Fsp3) is 0.235. The Balaban J connectivity index is 1.50. The van der Waals surface area contributed by atoms with Gasteiger partial charge in [0.25, 0.3) is 10.0 Å². The molecule has 27 heavy (non-hydrogen) atoms. The summed E-state index contributed by atoms with van der Waals surface area (Å²) < 4.78 is 27.1. The lowest BCUT2D eigenvalue weighted by molar-refractivity contribution is -0.119. The van der Waals surface area contributed by atoms with E-state index in [0.29, 0.717) is 24.5 Å². The number of aromatic nitrogens is 2. The molecule has 1 aliphatic rings. The molecule has 10 heteroatoms. The molecule has 0 spiro atoms. The number of rotatable bonds is 5. The number of carbonyl (C=O) groups is 1. The van der Waals surface area contributed by atoms with E-state index < -0.39 is 16.1 Å². The van der Waals surface area contributed by atoms with E-state index in [1.165, 1.54) is 15.6 Å². The summed E-state index contributed by atoms with van der Waals surface area (Å²) in [6.07, 6.45) is 4.53. The van der Waals surface area contributed by atoms with Crippen molar-refractivity contribution >= 4 is 43.7 Å². The highest BCUT2D eigenvalue weighted by molar-refractivity contribution is 7.91. The molecular weight excluding hydrogens is 404 g/mol. The Kier molecular flexibility index (Phi) is 5.04. The Hall–Kier alpha value is -2.14. The van der Waals surface area contributed by atoms with Gasteiger partial charge >= 0.3 is 0 Å². The molecule has 1 atom stereocenters. The molecule has 1 N–H and O–H groups in total. The Morgan fingerprint density at radius 2 is 2.15 bits per heavy atom. The van der Waals surface area contributed by atoms with Crippen LogP contribution in [0.25, 0.3) is 11.3 Å². The number of hydrogen-bond donors (Lipinski definition) is 1. The van der Waals surface area contributed by atoms with Gasteiger partial charge in [0.2, 0.25) is 5.91 Å². The zero-order valence-electron chi connectivity index (χ0n) is 14.1. The van der Waals surface area contributed by atoms with Crippen LogP contribution in [0.2, 0.25) is 0 Å². The molecule has 0 aromatic carbocycles. The summed E-state index contributed by atoms with van der Waals surface area (Å²) in [5.41, 5.74) is 1.58. The first-order chi connectivity index (χ1) is 13.1. The third kappa shape index (κ3) is 3.65. The topological polar surface area (TPSA) is 92.3 Å². The van der Waals surface area contributed by atoms with Crippen LogP contribution in [0.4, 0.5) is 5.13 Å². The number of pyridine rings is 1. The van der Waals surface area contributed by atoms with Crippen molar-refractivity contribution in [1.82, 2.24) is 14.3 Å². The first kappa shape index (κ1) is 18.2. The number of carbonyl (C=O) groups excluding carboxylic acids is 1. The second-order valence-electron chi connectivity index (χ2n) is 5.97. The van der Waals surface area contributed by atoms with Gasteiger partial charge in [-0.05, 0) is 36.4 Å². The van der Waals surface area contributed by atoms with Gasteiger partial charge in [0.15, 0.2) is 5.13 Å². The number of hydrogen-bond acceptors (Lipinski definition) is 7. The Bertz CT molecular complexity index is 1030. The first-order valence-electron chi connectivity index (χ1n) is 8.28. The van der Waals surface area contributed by atoms with E-state index in [1.807, 2.05) is 17.5 Å². The van der Waals surface area contributed by atoms with E-state index in [1.54, 1.807) is 29.9 Å². The van der Waals surface area contributed by atoms with Crippen LogP contribution >= 0.6 is 22.7 Å². The van der Waals surface area contributed by atoms with Gasteiger partial charge in [-0.25, -0.2) is 13.4 Å². The number of nitrogens with zero attached hydrogens (tertiary/aromatic N) is 3. The lowest BCUT2D eigenvalue weighted by atomic mass is 10.2. The minimum absolute atomic E-state index is 0.260. The lowest BCUT2D eigenvalue weighted by Gasteiger charge is -2.22. The van der Waals surface area contributed by atoms with Gasteiger partial charge in [0.1, 0.15) is 10.3 Å². The van der Waals surface area contributed by atoms with Crippen molar-refractivity contribution in [3.8, 4) is 11.3 Å². The average Bonchev–Trinajstić information content (AvgIpc) is 3.42. The Labute approximate surface area is 164 Å². The van der Waals surface area contributed by atoms with Crippen LogP contribution in [0.1, 0.15) is 12.8 Å². The van der Waals surface area contributed by atoms with E-state index in [4.69, 9.17) is 0 Å². The molecule has 4 rings (SSSR count). The largest absolute Gasteiger partial charge is 0.301 e. The third-order valence-corrected chi connectivity index (χ3v) is 8.29.